The molecular formula is C13H19NO4S. The molecule has 1 saturated carbocycles. The molecule has 0 radical (unpaired) electrons. The molecule has 2 unspecified atom stereocenters. The third kappa shape index (κ3) is 3.25. The van der Waals surface area contributed by atoms with E-state index in [1.807, 2.05) is 0 Å². The van der Waals surface area contributed by atoms with Crippen LogP contribution in [-0.2, 0) is 10.0 Å². The third-order valence-electron chi connectivity index (χ3n) is 3.72. The van der Waals surface area contributed by atoms with Gasteiger partial charge in [-0.25, -0.2) is 13.1 Å². The second-order valence-electron chi connectivity index (χ2n) is 4.96. The van der Waals surface area contributed by atoms with Crippen LogP contribution in [-0.4, -0.2) is 20.7 Å². The second-order valence-corrected chi connectivity index (χ2v) is 6.60. The van der Waals surface area contributed by atoms with E-state index >= 15 is 0 Å². The lowest BCUT2D eigenvalue weighted by molar-refractivity contribution is 0.109. The minimum atomic E-state index is -3.67. The van der Waals surface area contributed by atoms with Crippen molar-refractivity contribution in [1.82, 2.24) is 4.72 Å². The molecule has 0 saturated heterocycles. The van der Waals surface area contributed by atoms with Crippen LogP contribution in [0, 0.1) is 5.92 Å². The Hall–Kier alpha value is -1.14. The summed E-state index contributed by atoms with van der Waals surface area (Å²) in [5.74, 6) is 0.403. The zero-order valence-electron chi connectivity index (χ0n) is 11.0. The van der Waals surface area contributed by atoms with Crippen molar-refractivity contribution >= 4 is 16.3 Å². The fraction of sp³-hybridized carbons (Fsp3) is 0.615. The van der Waals surface area contributed by atoms with E-state index in [0.717, 1.165) is 32.1 Å². The summed E-state index contributed by atoms with van der Waals surface area (Å²) in [5, 5.41) is -0.185. The molecule has 1 fully saturated rings. The van der Waals surface area contributed by atoms with Crippen LogP contribution in [0.25, 0.3) is 0 Å². The molecule has 5 nitrogen and oxygen atoms in total. The Morgan fingerprint density at radius 2 is 2.11 bits per heavy atom. The van der Waals surface area contributed by atoms with E-state index in [-0.39, 0.29) is 16.9 Å². The van der Waals surface area contributed by atoms with E-state index in [1.54, 1.807) is 0 Å². The number of nitrogens with one attached hydrogen (secondary N) is 1. The molecule has 1 aromatic heterocycles. The normalized spacial score (nSPS) is 24.3. The van der Waals surface area contributed by atoms with Crippen LogP contribution in [0.5, 0.6) is 0 Å². The highest BCUT2D eigenvalue weighted by Crippen LogP contribution is 2.28. The summed E-state index contributed by atoms with van der Waals surface area (Å²) in [7, 11) is -3.67. The van der Waals surface area contributed by atoms with Gasteiger partial charge in [-0.05, 0) is 30.9 Å². The SMILES string of the molecule is CCC1CCCCC1NS(=O)(=O)c1ccc(C=O)o1. The van der Waals surface area contributed by atoms with Gasteiger partial charge in [0.05, 0.1) is 0 Å². The molecule has 1 heterocycles. The first kappa shape index (κ1) is 14.3. The van der Waals surface area contributed by atoms with Gasteiger partial charge < -0.3 is 4.42 Å². The number of hydrogen-bond acceptors (Lipinski definition) is 4. The maximum absolute atomic E-state index is 12.2. The van der Waals surface area contributed by atoms with Crippen molar-refractivity contribution < 1.29 is 17.6 Å². The van der Waals surface area contributed by atoms with Crippen molar-refractivity contribution in [3.63, 3.8) is 0 Å². The topological polar surface area (TPSA) is 76.4 Å². The Morgan fingerprint density at radius 1 is 1.37 bits per heavy atom. The Balaban J connectivity index is 2.13. The van der Waals surface area contributed by atoms with Crippen LogP contribution in [0.3, 0.4) is 0 Å². The predicted molar refractivity (Wildman–Crippen MR) is 70.5 cm³/mol. The molecule has 2 rings (SSSR count). The quantitative estimate of drug-likeness (QED) is 0.842. The van der Waals surface area contributed by atoms with Gasteiger partial charge in [0.15, 0.2) is 12.0 Å². The smallest absolute Gasteiger partial charge is 0.274 e. The molecule has 19 heavy (non-hydrogen) atoms. The average Bonchev–Trinajstić information content (AvgIpc) is 2.88. The third-order valence-corrected chi connectivity index (χ3v) is 5.09. The highest BCUT2D eigenvalue weighted by molar-refractivity contribution is 7.89. The van der Waals surface area contributed by atoms with Crippen molar-refractivity contribution in [2.45, 2.75) is 50.2 Å². The molecule has 0 aromatic carbocycles. The van der Waals surface area contributed by atoms with E-state index in [1.165, 1.54) is 12.1 Å². The minimum Gasteiger partial charge on any atom is -0.440 e. The van der Waals surface area contributed by atoms with Crippen LogP contribution < -0.4 is 4.72 Å². The highest BCUT2D eigenvalue weighted by atomic mass is 32.2. The predicted octanol–water partition coefficient (Wildman–Crippen LogP) is 2.34. The molecule has 106 valence electrons. The van der Waals surface area contributed by atoms with Gasteiger partial charge in [0.25, 0.3) is 10.0 Å². The molecule has 0 amide bonds. The lowest BCUT2D eigenvalue weighted by Gasteiger charge is -2.30. The van der Waals surface area contributed by atoms with Gasteiger partial charge in [0, 0.05) is 6.04 Å². The van der Waals surface area contributed by atoms with Gasteiger partial charge in [-0.15, -0.1) is 0 Å². The Bertz CT molecular complexity index is 535. The molecule has 2 atom stereocenters. The van der Waals surface area contributed by atoms with Crippen molar-refractivity contribution in [2.24, 2.45) is 5.92 Å². The summed E-state index contributed by atoms with van der Waals surface area (Å²) >= 11 is 0. The van der Waals surface area contributed by atoms with Crippen molar-refractivity contribution in [3.05, 3.63) is 17.9 Å². The molecule has 1 aliphatic carbocycles. The van der Waals surface area contributed by atoms with E-state index in [0.29, 0.717) is 12.2 Å². The van der Waals surface area contributed by atoms with Crippen molar-refractivity contribution in [1.29, 1.82) is 0 Å². The molecule has 0 bridgehead atoms. The Morgan fingerprint density at radius 3 is 2.74 bits per heavy atom. The second kappa shape index (κ2) is 5.88. The summed E-state index contributed by atoms with van der Waals surface area (Å²) in [6.45, 7) is 2.08. The van der Waals surface area contributed by atoms with E-state index in [4.69, 9.17) is 4.42 Å². The van der Waals surface area contributed by atoms with Gasteiger partial charge in [-0.2, -0.15) is 0 Å². The first-order valence-electron chi connectivity index (χ1n) is 6.64. The molecule has 0 aliphatic heterocycles. The van der Waals surface area contributed by atoms with E-state index in [9.17, 15) is 13.2 Å². The summed E-state index contributed by atoms with van der Waals surface area (Å²) in [5.41, 5.74) is 0. The maximum atomic E-state index is 12.2. The van der Waals surface area contributed by atoms with Crippen LogP contribution in [0.4, 0.5) is 0 Å². The minimum absolute atomic E-state index is 0.0241. The van der Waals surface area contributed by atoms with E-state index < -0.39 is 10.0 Å². The molecule has 0 spiro atoms. The largest absolute Gasteiger partial charge is 0.440 e. The first-order valence-corrected chi connectivity index (χ1v) is 8.12. The van der Waals surface area contributed by atoms with Crippen LogP contribution in [0.2, 0.25) is 0 Å². The van der Waals surface area contributed by atoms with E-state index in [2.05, 4.69) is 11.6 Å². The standard InChI is InChI=1S/C13H19NO4S/c1-2-10-5-3-4-6-12(10)14-19(16,17)13-8-7-11(9-15)18-13/h7-10,12,14H,2-6H2,1H3. The number of carbonyl (C=O) groups excluding carboxylic acids is 1. The number of rotatable bonds is 5. The Kier molecular flexibility index (Phi) is 4.42. The van der Waals surface area contributed by atoms with Gasteiger partial charge in [-0.1, -0.05) is 26.2 Å². The average molecular weight is 285 g/mol. The van der Waals surface area contributed by atoms with Gasteiger partial charge in [0.2, 0.25) is 5.09 Å². The van der Waals surface area contributed by atoms with Crippen LogP contribution in [0.1, 0.15) is 49.6 Å². The fourth-order valence-corrected chi connectivity index (χ4v) is 3.93. The number of aldehydes is 1. The zero-order valence-corrected chi connectivity index (χ0v) is 11.8. The summed E-state index contributed by atoms with van der Waals surface area (Å²) in [6, 6.07) is 2.64. The number of hydrogen-bond donors (Lipinski definition) is 1. The number of sulfonamides is 1. The lowest BCUT2D eigenvalue weighted by Crippen LogP contribution is -2.41. The molecule has 6 heteroatoms. The molecular weight excluding hydrogens is 266 g/mol. The van der Waals surface area contributed by atoms with Crippen molar-refractivity contribution in [3.8, 4) is 0 Å². The fourth-order valence-electron chi connectivity index (χ4n) is 2.65. The van der Waals surface area contributed by atoms with Gasteiger partial charge in [0.1, 0.15) is 0 Å². The van der Waals surface area contributed by atoms with Crippen LogP contribution >= 0.6 is 0 Å². The van der Waals surface area contributed by atoms with Crippen LogP contribution in [0.15, 0.2) is 21.6 Å². The highest BCUT2D eigenvalue weighted by Gasteiger charge is 2.29. The summed E-state index contributed by atoms with van der Waals surface area (Å²) in [6.07, 6.45) is 5.58. The Labute approximate surface area is 113 Å². The molecule has 1 aliphatic rings. The first-order chi connectivity index (χ1) is 9.06. The van der Waals surface area contributed by atoms with Gasteiger partial charge >= 0.3 is 0 Å². The maximum Gasteiger partial charge on any atom is 0.274 e. The summed E-state index contributed by atoms with van der Waals surface area (Å²) in [4.78, 5) is 10.5. The monoisotopic (exact) mass is 285 g/mol. The molecule has 1 aromatic rings. The molecule has 1 N–H and O–H groups in total. The lowest BCUT2D eigenvalue weighted by atomic mass is 9.83. The number of furan rings is 1. The zero-order chi connectivity index (χ0) is 13.9. The summed E-state index contributed by atoms with van der Waals surface area (Å²) < 4.78 is 32.0. The van der Waals surface area contributed by atoms with Gasteiger partial charge in [-0.3, -0.25) is 4.79 Å². The van der Waals surface area contributed by atoms with Crippen molar-refractivity contribution in [2.75, 3.05) is 0 Å². The number of carbonyl (C=O) groups is 1.